The molecule has 9 heteroatoms. The summed E-state index contributed by atoms with van der Waals surface area (Å²) < 4.78 is 19.0. The summed E-state index contributed by atoms with van der Waals surface area (Å²) in [6.45, 7) is 0.638. The van der Waals surface area contributed by atoms with Crippen molar-refractivity contribution in [3.8, 4) is 5.75 Å². The first-order valence-electron chi connectivity index (χ1n) is 10.2. The molecule has 1 heterocycles. The Balaban J connectivity index is 1.63. The average Bonchev–Trinajstić information content (AvgIpc) is 2.83. The van der Waals surface area contributed by atoms with E-state index in [-0.39, 0.29) is 18.5 Å². The zero-order valence-electron chi connectivity index (χ0n) is 17.1. The molecule has 3 rings (SSSR count). The SMILES string of the molecule is NC(=O)Nc1cc(Cl)ccc1OCCC1(O)CCCN(O)C(Cc2ccc(F)cc2)C1. The second-order valence-corrected chi connectivity index (χ2v) is 8.34. The first-order valence-corrected chi connectivity index (χ1v) is 10.5. The van der Waals surface area contributed by atoms with Crippen LogP contribution in [0.15, 0.2) is 42.5 Å². The van der Waals surface area contributed by atoms with Crippen molar-refractivity contribution in [2.24, 2.45) is 5.73 Å². The summed E-state index contributed by atoms with van der Waals surface area (Å²) in [5.74, 6) is 0.0820. The lowest BCUT2D eigenvalue weighted by Crippen LogP contribution is -2.40. The van der Waals surface area contributed by atoms with Gasteiger partial charge < -0.3 is 26.1 Å². The van der Waals surface area contributed by atoms with Crippen LogP contribution < -0.4 is 15.8 Å². The number of nitrogens with two attached hydrogens (primary N) is 1. The number of carbonyl (C=O) groups excluding carboxylic acids is 1. The molecule has 0 saturated carbocycles. The number of urea groups is 1. The molecule has 168 valence electrons. The van der Waals surface area contributed by atoms with Gasteiger partial charge in [0.05, 0.1) is 17.9 Å². The molecular weight excluding hydrogens is 425 g/mol. The summed E-state index contributed by atoms with van der Waals surface area (Å²) in [4.78, 5) is 11.2. The summed E-state index contributed by atoms with van der Waals surface area (Å²) in [5.41, 5.74) is 5.39. The largest absolute Gasteiger partial charge is 0.491 e. The van der Waals surface area contributed by atoms with Crippen molar-refractivity contribution in [2.45, 2.75) is 43.7 Å². The van der Waals surface area contributed by atoms with E-state index in [0.29, 0.717) is 55.1 Å². The van der Waals surface area contributed by atoms with E-state index in [4.69, 9.17) is 22.1 Å². The number of nitrogens with zero attached hydrogens (tertiary/aromatic N) is 1. The number of ether oxygens (including phenoxy) is 1. The van der Waals surface area contributed by atoms with E-state index in [1.807, 2.05) is 0 Å². The van der Waals surface area contributed by atoms with Gasteiger partial charge in [0, 0.05) is 24.0 Å². The summed E-state index contributed by atoms with van der Waals surface area (Å²) >= 11 is 5.96. The average molecular weight is 452 g/mol. The Kier molecular flexibility index (Phi) is 7.72. The first-order chi connectivity index (χ1) is 14.7. The number of hydroxylamine groups is 2. The molecule has 7 nitrogen and oxygen atoms in total. The molecule has 31 heavy (non-hydrogen) atoms. The summed E-state index contributed by atoms with van der Waals surface area (Å²) in [7, 11) is 0. The van der Waals surface area contributed by atoms with Gasteiger partial charge in [0.15, 0.2) is 0 Å². The third-order valence-corrected chi connectivity index (χ3v) is 5.71. The van der Waals surface area contributed by atoms with E-state index in [2.05, 4.69) is 5.32 Å². The monoisotopic (exact) mass is 451 g/mol. The van der Waals surface area contributed by atoms with Gasteiger partial charge in [-0.2, -0.15) is 5.06 Å². The fraction of sp³-hybridized carbons (Fsp3) is 0.409. The number of benzene rings is 2. The first kappa shape index (κ1) is 23.3. The van der Waals surface area contributed by atoms with Gasteiger partial charge in [0.1, 0.15) is 11.6 Å². The molecule has 2 amide bonds. The highest BCUT2D eigenvalue weighted by atomic mass is 35.5. The van der Waals surface area contributed by atoms with Crippen molar-refractivity contribution in [2.75, 3.05) is 18.5 Å². The molecule has 1 fully saturated rings. The molecular formula is C22H27ClFN3O4. The number of hydrogen-bond acceptors (Lipinski definition) is 5. The van der Waals surface area contributed by atoms with Crippen LogP contribution in [0.2, 0.25) is 5.02 Å². The van der Waals surface area contributed by atoms with Crippen molar-refractivity contribution in [1.29, 1.82) is 0 Å². The normalized spacial score (nSPS) is 22.0. The third-order valence-electron chi connectivity index (χ3n) is 5.48. The molecule has 0 radical (unpaired) electrons. The standard InChI is InChI=1S/C22H27ClFN3O4/c23-16-4-7-20(19(13-16)26-21(25)28)31-11-9-22(29)8-1-10-27(30)18(14-22)12-15-2-5-17(24)6-3-15/h2-7,13,18,29-30H,1,8-12,14H2,(H3,25,26,28). The van der Waals surface area contributed by atoms with Crippen LogP contribution in [0.3, 0.4) is 0 Å². The Hall–Kier alpha value is -2.39. The highest BCUT2D eigenvalue weighted by molar-refractivity contribution is 6.31. The van der Waals surface area contributed by atoms with Gasteiger partial charge in [-0.15, -0.1) is 0 Å². The van der Waals surface area contributed by atoms with Crippen LogP contribution in [0.5, 0.6) is 5.75 Å². The number of anilines is 1. The van der Waals surface area contributed by atoms with Crippen LogP contribution in [-0.4, -0.2) is 46.2 Å². The molecule has 2 aromatic carbocycles. The van der Waals surface area contributed by atoms with Crippen molar-refractivity contribution >= 4 is 23.3 Å². The zero-order chi connectivity index (χ0) is 22.4. The van der Waals surface area contributed by atoms with Gasteiger partial charge in [0.2, 0.25) is 0 Å². The Morgan fingerprint density at radius 3 is 2.77 bits per heavy atom. The molecule has 1 aliphatic rings. The fourth-order valence-electron chi connectivity index (χ4n) is 3.91. The number of aliphatic hydroxyl groups is 1. The molecule has 1 aliphatic heterocycles. The van der Waals surface area contributed by atoms with E-state index >= 15 is 0 Å². The lowest BCUT2D eigenvalue weighted by molar-refractivity contribution is -0.132. The summed E-state index contributed by atoms with van der Waals surface area (Å²) in [6.07, 6.45) is 2.31. The van der Waals surface area contributed by atoms with Crippen LogP contribution in [-0.2, 0) is 6.42 Å². The van der Waals surface area contributed by atoms with Gasteiger partial charge in [-0.05, 0) is 61.6 Å². The van der Waals surface area contributed by atoms with Crippen molar-refractivity contribution in [3.63, 3.8) is 0 Å². The van der Waals surface area contributed by atoms with E-state index in [1.165, 1.54) is 23.3 Å². The third kappa shape index (κ3) is 6.80. The van der Waals surface area contributed by atoms with Crippen molar-refractivity contribution in [3.05, 3.63) is 58.9 Å². The van der Waals surface area contributed by atoms with Gasteiger partial charge in [0.25, 0.3) is 0 Å². The smallest absolute Gasteiger partial charge is 0.316 e. The number of hydrogen-bond donors (Lipinski definition) is 4. The maximum Gasteiger partial charge on any atom is 0.316 e. The molecule has 2 aromatic rings. The molecule has 0 bridgehead atoms. The molecule has 0 spiro atoms. The van der Waals surface area contributed by atoms with Gasteiger partial charge in [-0.1, -0.05) is 23.7 Å². The van der Waals surface area contributed by atoms with Crippen LogP contribution >= 0.6 is 11.6 Å². The van der Waals surface area contributed by atoms with Crippen LogP contribution in [0.25, 0.3) is 0 Å². The predicted octanol–water partition coefficient (Wildman–Crippen LogP) is 3.96. The molecule has 5 N–H and O–H groups in total. The van der Waals surface area contributed by atoms with Crippen molar-refractivity contribution in [1.82, 2.24) is 5.06 Å². The second-order valence-electron chi connectivity index (χ2n) is 7.91. The van der Waals surface area contributed by atoms with Crippen LogP contribution in [0.1, 0.15) is 31.2 Å². The summed E-state index contributed by atoms with van der Waals surface area (Å²) in [6, 6.07) is 9.89. The van der Waals surface area contributed by atoms with E-state index < -0.39 is 11.6 Å². The second kappa shape index (κ2) is 10.3. The molecule has 0 aromatic heterocycles. The Bertz CT molecular complexity index is 899. The maximum atomic E-state index is 13.2. The quantitative estimate of drug-likeness (QED) is 0.509. The fourth-order valence-corrected chi connectivity index (χ4v) is 4.08. The highest BCUT2D eigenvalue weighted by Gasteiger charge is 2.35. The lowest BCUT2D eigenvalue weighted by atomic mass is 9.87. The maximum absolute atomic E-state index is 13.2. The number of rotatable bonds is 7. The number of amides is 2. The predicted molar refractivity (Wildman–Crippen MR) is 116 cm³/mol. The van der Waals surface area contributed by atoms with E-state index in [0.717, 1.165) is 5.56 Å². The van der Waals surface area contributed by atoms with Crippen LogP contribution in [0.4, 0.5) is 14.9 Å². The Morgan fingerprint density at radius 1 is 1.32 bits per heavy atom. The van der Waals surface area contributed by atoms with Gasteiger partial charge in [-0.25, -0.2) is 9.18 Å². The van der Waals surface area contributed by atoms with Gasteiger partial charge in [-0.3, -0.25) is 0 Å². The topological polar surface area (TPSA) is 108 Å². The number of nitrogens with one attached hydrogen (secondary N) is 1. The minimum absolute atomic E-state index is 0.195. The van der Waals surface area contributed by atoms with E-state index in [9.17, 15) is 19.5 Å². The molecule has 1 saturated heterocycles. The summed E-state index contributed by atoms with van der Waals surface area (Å²) in [5, 5.41) is 25.8. The number of primary amides is 1. The minimum Gasteiger partial charge on any atom is -0.491 e. The van der Waals surface area contributed by atoms with Crippen LogP contribution in [0, 0.1) is 5.82 Å². The number of carbonyl (C=O) groups is 1. The molecule has 2 unspecified atom stereocenters. The molecule has 0 aliphatic carbocycles. The highest BCUT2D eigenvalue weighted by Crippen LogP contribution is 2.32. The molecule has 2 atom stereocenters. The zero-order valence-corrected chi connectivity index (χ0v) is 17.8. The van der Waals surface area contributed by atoms with Gasteiger partial charge >= 0.3 is 6.03 Å². The Morgan fingerprint density at radius 2 is 2.06 bits per heavy atom. The minimum atomic E-state index is -1.04. The van der Waals surface area contributed by atoms with Crippen molar-refractivity contribution < 1.29 is 24.2 Å². The van der Waals surface area contributed by atoms with E-state index in [1.54, 1.807) is 24.3 Å². The number of halogens is 2. The lowest BCUT2D eigenvalue weighted by Gasteiger charge is -2.31. The Labute approximate surface area is 185 Å².